The maximum absolute atomic E-state index is 3.77. The first-order valence-corrected chi connectivity index (χ1v) is 7.52. The highest BCUT2D eigenvalue weighted by molar-refractivity contribution is 5.01. The van der Waals surface area contributed by atoms with Gasteiger partial charge in [-0.25, -0.2) is 0 Å². The second-order valence-corrected chi connectivity index (χ2v) is 8.24. The highest BCUT2D eigenvalue weighted by Gasteiger charge is 2.45. The van der Waals surface area contributed by atoms with Crippen LogP contribution in [0.3, 0.4) is 0 Å². The van der Waals surface area contributed by atoms with Gasteiger partial charge in [-0.3, -0.25) is 0 Å². The average Bonchev–Trinajstić information content (AvgIpc) is 2.83. The molecule has 1 nitrogen and oxygen atoms in total. The molecule has 2 rings (SSSR count). The lowest BCUT2D eigenvalue weighted by Gasteiger charge is -2.37. The van der Waals surface area contributed by atoms with Gasteiger partial charge in [0.2, 0.25) is 0 Å². The molecule has 1 atom stereocenters. The lowest BCUT2D eigenvalue weighted by Crippen LogP contribution is -2.32. The normalized spacial score (nSPS) is 36.9. The van der Waals surface area contributed by atoms with Crippen LogP contribution in [0.4, 0.5) is 0 Å². The third-order valence-corrected chi connectivity index (χ3v) is 5.24. The van der Waals surface area contributed by atoms with Crippen molar-refractivity contribution in [1.29, 1.82) is 0 Å². The molecule has 0 saturated heterocycles. The van der Waals surface area contributed by atoms with Crippen LogP contribution in [0.5, 0.6) is 0 Å². The van der Waals surface area contributed by atoms with Crippen molar-refractivity contribution in [2.24, 2.45) is 22.7 Å². The number of nitrogens with one attached hydrogen (secondary N) is 1. The highest BCUT2D eigenvalue weighted by Crippen LogP contribution is 2.45. The van der Waals surface area contributed by atoms with Crippen molar-refractivity contribution in [3.8, 4) is 0 Å². The quantitative estimate of drug-likeness (QED) is 0.774. The van der Waals surface area contributed by atoms with Crippen LogP contribution in [0, 0.1) is 22.7 Å². The van der Waals surface area contributed by atoms with E-state index < -0.39 is 0 Å². The van der Waals surface area contributed by atoms with Crippen LogP contribution < -0.4 is 5.32 Å². The molecule has 100 valence electrons. The average molecular weight is 237 g/mol. The van der Waals surface area contributed by atoms with Crippen molar-refractivity contribution in [2.75, 3.05) is 6.54 Å². The van der Waals surface area contributed by atoms with Crippen molar-refractivity contribution in [2.45, 2.75) is 72.8 Å². The zero-order chi connectivity index (χ0) is 12.7. The summed E-state index contributed by atoms with van der Waals surface area (Å²) in [7, 11) is 0. The minimum Gasteiger partial charge on any atom is -0.313 e. The van der Waals surface area contributed by atoms with Gasteiger partial charge in [0.1, 0.15) is 0 Å². The van der Waals surface area contributed by atoms with Crippen LogP contribution in [0.2, 0.25) is 0 Å². The molecule has 0 spiro atoms. The molecular formula is C16H31N. The first-order valence-electron chi connectivity index (χ1n) is 7.52. The Morgan fingerprint density at radius 3 is 2.00 bits per heavy atom. The summed E-state index contributed by atoms with van der Waals surface area (Å²) in [6.07, 6.45) is 7.17. The molecule has 2 fully saturated rings. The van der Waals surface area contributed by atoms with Gasteiger partial charge in [0.05, 0.1) is 0 Å². The van der Waals surface area contributed by atoms with Crippen LogP contribution in [0.1, 0.15) is 66.7 Å². The van der Waals surface area contributed by atoms with Gasteiger partial charge in [0.15, 0.2) is 0 Å². The van der Waals surface area contributed by atoms with Crippen LogP contribution >= 0.6 is 0 Å². The molecule has 0 amide bonds. The molecule has 0 aromatic carbocycles. The van der Waals surface area contributed by atoms with Crippen molar-refractivity contribution < 1.29 is 0 Å². The van der Waals surface area contributed by atoms with Crippen LogP contribution in [0.25, 0.3) is 0 Å². The number of rotatable bonds is 3. The smallest absolute Gasteiger partial charge is 0.0125 e. The van der Waals surface area contributed by atoms with Gasteiger partial charge in [-0.05, 0) is 61.3 Å². The fourth-order valence-electron chi connectivity index (χ4n) is 3.36. The Kier molecular flexibility index (Phi) is 3.60. The second kappa shape index (κ2) is 4.57. The topological polar surface area (TPSA) is 12.0 Å². The summed E-state index contributed by atoms with van der Waals surface area (Å²) in [5, 5.41) is 3.77. The largest absolute Gasteiger partial charge is 0.313 e. The highest BCUT2D eigenvalue weighted by atomic mass is 15.0. The van der Waals surface area contributed by atoms with Gasteiger partial charge in [0, 0.05) is 6.04 Å². The van der Waals surface area contributed by atoms with Gasteiger partial charge in [0.25, 0.3) is 0 Å². The van der Waals surface area contributed by atoms with E-state index in [1.165, 1.54) is 38.6 Å². The zero-order valence-electron chi connectivity index (χ0n) is 12.5. The van der Waals surface area contributed by atoms with E-state index in [0.717, 1.165) is 17.9 Å². The van der Waals surface area contributed by atoms with Crippen molar-refractivity contribution in [1.82, 2.24) is 5.32 Å². The van der Waals surface area contributed by atoms with Crippen molar-refractivity contribution in [3.63, 3.8) is 0 Å². The summed E-state index contributed by atoms with van der Waals surface area (Å²) in [6, 6.07) is 0.808. The SMILES string of the molecule is CC(C)(C)C1CCC(CNC2CC2(C)C)CC1. The third kappa shape index (κ3) is 3.47. The molecule has 0 heterocycles. The van der Waals surface area contributed by atoms with Crippen molar-refractivity contribution >= 4 is 0 Å². The summed E-state index contributed by atoms with van der Waals surface area (Å²) in [5.41, 5.74) is 1.11. The van der Waals surface area contributed by atoms with Crippen LogP contribution in [-0.4, -0.2) is 12.6 Å². The van der Waals surface area contributed by atoms with E-state index in [9.17, 15) is 0 Å². The Morgan fingerprint density at radius 2 is 1.59 bits per heavy atom. The standard InChI is InChI=1S/C16H31N/c1-15(2,3)13-8-6-12(7-9-13)11-17-14-10-16(14,4)5/h12-14,17H,6-11H2,1-5H3. The molecule has 0 aromatic rings. The van der Waals surface area contributed by atoms with Gasteiger partial charge in [-0.1, -0.05) is 34.6 Å². The van der Waals surface area contributed by atoms with Crippen LogP contribution in [-0.2, 0) is 0 Å². The zero-order valence-corrected chi connectivity index (χ0v) is 12.5. The summed E-state index contributed by atoms with van der Waals surface area (Å²) in [4.78, 5) is 0. The molecule has 0 aliphatic heterocycles. The van der Waals surface area contributed by atoms with E-state index in [1.807, 2.05) is 0 Å². The summed E-state index contributed by atoms with van der Waals surface area (Å²) < 4.78 is 0. The molecule has 1 heteroatoms. The predicted octanol–water partition coefficient (Wildman–Crippen LogP) is 4.23. The Balaban J connectivity index is 1.66. The maximum atomic E-state index is 3.77. The third-order valence-electron chi connectivity index (χ3n) is 5.24. The lowest BCUT2D eigenvalue weighted by molar-refractivity contribution is 0.148. The Labute approximate surface area is 108 Å². The number of hydrogen-bond donors (Lipinski definition) is 1. The molecule has 2 aliphatic rings. The van der Waals surface area contributed by atoms with Crippen molar-refractivity contribution in [3.05, 3.63) is 0 Å². The fourth-order valence-corrected chi connectivity index (χ4v) is 3.36. The summed E-state index contributed by atoms with van der Waals surface area (Å²) in [5.74, 6) is 1.90. The van der Waals surface area contributed by atoms with E-state index in [1.54, 1.807) is 0 Å². The van der Waals surface area contributed by atoms with Gasteiger partial charge >= 0.3 is 0 Å². The van der Waals surface area contributed by atoms with E-state index >= 15 is 0 Å². The Hall–Kier alpha value is -0.0400. The first-order chi connectivity index (χ1) is 7.79. The van der Waals surface area contributed by atoms with E-state index in [-0.39, 0.29) is 0 Å². The molecule has 1 N–H and O–H groups in total. The minimum absolute atomic E-state index is 0.525. The Morgan fingerprint density at radius 1 is 1.06 bits per heavy atom. The van der Waals surface area contributed by atoms with E-state index in [4.69, 9.17) is 0 Å². The molecule has 2 aliphatic carbocycles. The summed E-state index contributed by atoms with van der Waals surface area (Å²) >= 11 is 0. The molecule has 1 unspecified atom stereocenters. The fraction of sp³-hybridized carbons (Fsp3) is 1.00. The van der Waals surface area contributed by atoms with E-state index in [2.05, 4.69) is 39.9 Å². The molecule has 0 aromatic heterocycles. The Bertz CT molecular complexity index is 253. The summed E-state index contributed by atoms with van der Waals surface area (Å²) in [6.45, 7) is 13.2. The lowest BCUT2D eigenvalue weighted by atomic mass is 9.70. The first kappa shape index (κ1) is 13.4. The second-order valence-electron chi connectivity index (χ2n) is 8.24. The molecule has 0 bridgehead atoms. The maximum Gasteiger partial charge on any atom is 0.0125 e. The minimum atomic E-state index is 0.525. The van der Waals surface area contributed by atoms with Gasteiger partial charge in [-0.15, -0.1) is 0 Å². The van der Waals surface area contributed by atoms with Gasteiger partial charge in [-0.2, -0.15) is 0 Å². The predicted molar refractivity (Wildman–Crippen MR) is 75.1 cm³/mol. The molecular weight excluding hydrogens is 206 g/mol. The van der Waals surface area contributed by atoms with Gasteiger partial charge < -0.3 is 5.32 Å². The van der Waals surface area contributed by atoms with E-state index in [0.29, 0.717) is 10.8 Å². The molecule has 2 saturated carbocycles. The molecule has 0 radical (unpaired) electrons. The van der Waals surface area contributed by atoms with Crippen LogP contribution in [0.15, 0.2) is 0 Å². The monoisotopic (exact) mass is 237 g/mol. The molecule has 17 heavy (non-hydrogen) atoms. The number of hydrogen-bond acceptors (Lipinski definition) is 1.